The molecule has 5 aliphatic rings. The van der Waals surface area contributed by atoms with E-state index in [0.29, 0.717) is 42.8 Å². The summed E-state index contributed by atoms with van der Waals surface area (Å²) in [6.45, 7) is 13.2. The summed E-state index contributed by atoms with van der Waals surface area (Å²) in [6, 6.07) is 0.112. The van der Waals surface area contributed by atoms with Gasteiger partial charge in [-0.1, -0.05) is 32.4 Å². The summed E-state index contributed by atoms with van der Waals surface area (Å²) in [6.07, 6.45) is 13.6. The molecule has 5 rings (SSSR count). The summed E-state index contributed by atoms with van der Waals surface area (Å²) in [5.41, 5.74) is 2.27. The van der Waals surface area contributed by atoms with E-state index in [0.717, 1.165) is 49.4 Å². The van der Waals surface area contributed by atoms with E-state index in [1.165, 1.54) is 32.1 Å². The average molecular weight is 499 g/mol. The Morgan fingerprint density at radius 3 is 2.61 bits per heavy atom. The summed E-state index contributed by atoms with van der Waals surface area (Å²) in [7, 11) is 0. The van der Waals surface area contributed by atoms with Gasteiger partial charge in [0.15, 0.2) is 0 Å². The minimum absolute atomic E-state index is 0.112. The lowest BCUT2D eigenvalue weighted by Gasteiger charge is -2.58. The van der Waals surface area contributed by atoms with Crippen molar-refractivity contribution < 1.29 is 14.7 Å². The van der Waals surface area contributed by atoms with Gasteiger partial charge in [0.1, 0.15) is 0 Å². The third-order valence-corrected chi connectivity index (χ3v) is 12.0. The highest BCUT2D eigenvalue weighted by Crippen LogP contribution is 2.67. The first-order chi connectivity index (χ1) is 17.0. The van der Waals surface area contributed by atoms with E-state index in [4.69, 9.17) is 0 Å². The predicted molar refractivity (Wildman–Crippen MR) is 143 cm³/mol. The molecule has 0 aromatic rings. The maximum absolute atomic E-state index is 13.1. The van der Waals surface area contributed by atoms with E-state index in [9.17, 15) is 14.7 Å². The second-order valence-corrected chi connectivity index (χ2v) is 13.8. The zero-order chi connectivity index (χ0) is 25.8. The van der Waals surface area contributed by atoms with Crippen LogP contribution in [0.4, 0.5) is 0 Å². The van der Waals surface area contributed by atoms with Gasteiger partial charge in [-0.25, -0.2) is 0 Å². The molecule has 0 radical (unpaired) electrons. The molecule has 0 spiro atoms. The zero-order valence-electron chi connectivity index (χ0n) is 23.5. The molecule has 1 heterocycles. The number of amides is 2. The minimum atomic E-state index is -0.129. The Hall–Kier alpha value is -1.36. The van der Waals surface area contributed by atoms with E-state index >= 15 is 0 Å². The number of carbonyl (C=O) groups excluding carboxylic acids is 2. The number of aliphatic hydroxyl groups is 1. The van der Waals surface area contributed by atoms with Crippen LogP contribution in [0.25, 0.3) is 0 Å². The smallest absolute Gasteiger partial charge is 0.222 e. The number of piperazine rings is 1. The van der Waals surface area contributed by atoms with Gasteiger partial charge in [-0.15, -0.1) is 0 Å². The van der Waals surface area contributed by atoms with Crippen molar-refractivity contribution in [2.24, 2.45) is 40.4 Å². The zero-order valence-corrected chi connectivity index (χ0v) is 23.5. The second-order valence-electron chi connectivity index (χ2n) is 13.8. The third kappa shape index (κ3) is 4.35. The normalized spacial score (nSPS) is 43.2. The molecule has 0 bridgehead atoms. The lowest BCUT2D eigenvalue weighted by molar-refractivity contribution is -0.141. The van der Waals surface area contributed by atoms with Crippen LogP contribution >= 0.6 is 0 Å². The van der Waals surface area contributed by atoms with Crippen molar-refractivity contribution in [3.8, 4) is 0 Å². The molecule has 0 unspecified atom stereocenters. The molecule has 4 fully saturated rings. The van der Waals surface area contributed by atoms with E-state index in [1.54, 1.807) is 12.5 Å². The number of rotatable bonds is 4. The van der Waals surface area contributed by atoms with Crippen LogP contribution in [0.3, 0.4) is 0 Å². The number of hydrogen-bond donors (Lipinski definition) is 1. The van der Waals surface area contributed by atoms with E-state index < -0.39 is 0 Å². The molecule has 2 amide bonds. The molecule has 4 aliphatic carbocycles. The maximum atomic E-state index is 13.1. The molecule has 0 aromatic carbocycles. The predicted octanol–water partition coefficient (Wildman–Crippen LogP) is 5.42. The van der Waals surface area contributed by atoms with Crippen LogP contribution in [0.1, 0.15) is 98.8 Å². The van der Waals surface area contributed by atoms with Crippen molar-refractivity contribution in [3.63, 3.8) is 0 Å². The van der Waals surface area contributed by atoms with E-state index in [1.807, 2.05) is 9.80 Å². The first-order valence-corrected chi connectivity index (χ1v) is 15.0. The Labute approximate surface area is 219 Å². The van der Waals surface area contributed by atoms with Gasteiger partial charge in [0, 0.05) is 39.0 Å². The van der Waals surface area contributed by atoms with Gasteiger partial charge in [-0.3, -0.25) is 9.59 Å². The number of aliphatic hydroxyl groups excluding tert-OH is 1. The molecule has 5 nitrogen and oxygen atoms in total. The highest BCUT2D eigenvalue weighted by atomic mass is 16.3. The topological polar surface area (TPSA) is 60.9 Å². The highest BCUT2D eigenvalue weighted by Gasteiger charge is 2.59. The molecule has 5 heteroatoms. The van der Waals surface area contributed by atoms with Crippen LogP contribution in [0.5, 0.6) is 0 Å². The average Bonchev–Trinajstić information content (AvgIpc) is 3.20. The number of hydrogen-bond acceptors (Lipinski definition) is 3. The van der Waals surface area contributed by atoms with Crippen LogP contribution in [0, 0.1) is 40.4 Å². The Morgan fingerprint density at radius 1 is 1.11 bits per heavy atom. The summed E-state index contributed by atoms with van der Waals surface area (Å²) < 4.78 is 0. The fourth-order valence-electron chi connectivity index (χ4n) is 9.93. The molecular weight excluding hydrogens is 448 g/mol. The van der Waals surface area contributed by atoms with Crippen molar-refractivity contribution in [1.82, 2.24) is 9.80 Å². The Balaban J connectivity index is 1.21. The van der Waals surface area contributed by atoms with E-state index in [2.05, 4.69) is 33.8 Å². The summed E-state index contributed by atoms with van der Waals surface area (Å²) >= 11 is 0. The van der Waals surface area contributed by atoms with Crippen molar-refractivity contribution in [2.75, 3.05) is 19.6 Å². The number of fused-ring (bicyclic) bond motifs is 5. The van der Waals surface area contributed by atoms with Crippen LogP contribution in [-0.4, -0.2) is 58.5 Å². The summed E-state index contributed by atoms with van der Waals surface area (Å²) in [4.78, 5) is 28.8. The number of allylic oxidation sites excluding steroid dienone is 1. The van der Waals surface area contributed by atoms with Gasteiger partial charge in [0.2, 0.25) is 11.8 Å². The molecule has 9 atom stereocenters. The fourth-order valence-corrected chi connectivity index (χ4v) is 9.93. The fraction of sp³-hybridized carbons (Fsp3) is 0.871. The maximum Gasteiger partial charge on any atom is 0.222 e. The van der Waals surface area contributed by atoms with Crippen LogP contribution in [0.2, 0.25) is 0 Å². The SMILES string of the molecule is CC(=O)N1CCN(C(=O)CC[C@@H](C)[C@H]2CC[C@H]3[C@@H]4CC=C5C[C@@H](O)CC[C@]5(C)[C@H]4CC[C@]23C)[C@H](C)C1. The lowest BCUT2D eigenvalue weighted by Crippen LogP contribution is -2.55. The van der Waals surface area contributed by atoms with Crippen LogP contribution < -0.4 is 0 Å². The summed E-state index contributed by atoms with van der Waals surface area (Å²) in [5, 5.41) is 10.3. The molecular formula is C31H50N2O3. The lowest BCUT2D eigenvalue weighted by atomic mass is 9.47. The first kappa shape index (κ1) is 26.3. The monoisotopic (exact) mass is 498 g/mol. The highest BCUT2D eigenvalue weighted by molar-refractivity contribution is 5.77. The van der Waals surface area contributed by atoms with E-state index in [-0.39, 0.29) is 24.0 Å². The van der Waals surface area contributed by atoms with Gasteiger partial charge in [-0.05, 0) is 105 Å². The second kappa shape index (κ2) is 9.75. The number of nitrogens with zero attached hydrogens (tertiary/aromatic N) is 2. The molecule has 0 aromatic heterocycles. The molecule has 1 saturated heterocycles. The van der Waals surface area contributed by atoms with Gasteiger partial charge < -0.3 is 14.9 Å². The molecule has 3 saturated carbocycles. The Bertz CT molecular complexity index is 900. The first-order valence-electron chi connectivity index (χ1n) is 15.0. The standard InChI is InChI=1S/C31H50N2O3/c1-20(6-11-29(36)33-17-16-32(22(3)34)19-21(33)2)26-9-10-27-25-8-7-23-18-24(35)12-14-30(23,4)28(25)13-15-31(26,27)5/h7,20-21,24-28,35H,6,8-19H2,1-5H3/t20-,21-,24+,25+,26-,27+,28+,30+,31-/m1/s1. The van der Waals surface area contributed by atoms with Gasteiger partial charge in [0.25, 0.3) is 0 Å². The largest absolute Gasteiger partial charge is 0.393 e. The Morgan fingerprint density at radius 2 is 1.89 bits per heavy atom. The Kier molecular flexibility index (Phi) is 7.11. The quantitative estimate of drug-likeness (QED) is 0.527. The third-order valence-electron chi connectivity index (χ3n) is 12.0. The van der Waals surface area contributed by atoms with Crippen molar-refractivity contribution in [2.45, 2.75) is 111 Å². The van der Waals surface area contributed by atoms with Gasteiger partial charge in [-0.2, -0.15) is 0 Å². The van der Waals surface area contributed by atoms with Crippen molar-refractivity contribution in [3.05, 3.63) is 11.6 Å². The molecule has 1 N–H and O–H groups in total. The number of carbonyl (C=O) groups is 2. The molecule has 1 aliphatic heterocycles. The molecule has 36 heavy (non-hydrogen) atoms. The summed E-state index contributed by atoms with van der Waals surface area (Å²) in [5.74, 6) is 4.07. The van der Waals surface area contributed by atoms with Crippen molar-refractivity contribution in [1.29, 1.82) is 0 Å². The van der Waals surface area contributed by atoms with Gasteiger partial charge in [0.05, 0.1) is 6.10 Å². The van der Waals surface area contributed by atoms with Gasteiger partial charge >= 0.3 is 0 Å². The van der Waals surface area contributed by atoms with Crippen LogP contribution in [0.15, 0.2) is 11.6 Å². The van der Waals surface area contributed by atoms with Crippen molar-refractivity contribution >= 4 is 11.8 Å². The molecule has 202 valence electrons. The minimum Gasteiger partial charge on any atom is -0.393 e. The van der Waals surface area contributed by atoms with Crippen LogP contribution in [-0.2, 0) is 9.59 Å².